The molecule has 1 N–H and O–H groups in total. The Kier molecular flexibility index (Phi) is 5.69. The number of ether oxygens (including phenoxy) is 1. The van der Waals surface area contributed by atoms with Crippen LogP contribution in [0.3, 0.4) is 0 Å². The van der Waals surface area contributed by atoms with Gasteiger partial charge >= 0.3 is 6.09 Å². The van der Waals surface area contributed by atoms with Gasteiger partial charge in [-0.3, -0.25) is 5.32 Å². The first-order chi connectivity index (χ1) is 16.8. The van der Waals surface area contributed by atoms with Crippen molar-refractivity contribution in [2.24, 2.45) is 0 Å². The number of fused-ring (bicyclic) bond motifs is 2. The molecule has 0 saturated carbocycles. The number of anilines is 1. The summed E-state index contributed by atoms with van der Waals surface area (Å²) in [5.41, 5.74) is 6.47. The van der Waals surface area contributed by atoms with Gasteiger partial charge in [0.05, 0.1) is 28.1 Å². The van der Waals surface area contributed by atoms with Crippen LogP contribution in [0.25, 0.3) is 44.3 Å². The molecule has 5 heteroatoms. The number of carbonyl (C=O) groups is 1. The average molecular weight is 462 g/mol. The molecule has 5 aromatic rings. The molecule has 0 bridgehead atoms. The monoisotopic (exact) mass is 461 g/mol. The van der Waals surface area contributed by atoms with Gasteiger partial charge in [0.15, 0.2) is 0 Å². The number of aryl methyl sites for hydroxylation is 1. The summed E-state index contributed by atoms with van der Waals surface area (Å²) in [4.78, 5) is 22.4. The molecule has 174 valence electrons. The first kappa shape index (κ1) is 22.5. The third-order valence-electron chi connectivity index (χ3n) is 5.76. The molecule has 0 unspecified atom stereocenters. The summed E-state index contributed by atoms with van der Waals surface area (Å²) in [6, 6.07) is 28.1. The van der Waals surface area contributed by atoms with Crippen molar-refractivity contribution >= 4 is 33.6 Å². The standard InChI is InChI=1S/C30H27N3O2/c1-19-9-7-10-20-15-18-26(31-27(19)20)23-13-8-11-21-16-17-25(32-28(21)23)22-12-5-6-14-24(22)33-29(34)35-30(2,3)4/h5-18H,1-4H3,(H,33,34). The first-order valence-electron chi connectivity index (χ1n) is 11.6. The van der Waals surface area contributed by atoms with Crippen molar-refractivity contribution in [2.45, 2.75) is 33.3 Å². The van der Waals surface area contributed by atoms with Crippen LogP contribution in [0.2, 0.25) is 0 Å². The van der Waals surface area contributed by atoms with Gasteiger partial charge in [-0.25, -0.2) is 14.8 Å². The van der Waals surface area contributed by atoms with E-state index in [9.17, 15) is 4.79 Å². The van der Waals surface area contributed by atoms with Crippen LogP contribution in [0, 0.1) is 6.92 Å². The third-order valence-corrected chi connectivity index (χ3v) is 5.76. The molecule has 0 aliphatic rings. The van der Waals surface area contributed by atoms with Crippen LogP contribution in [0.4, 0.5) is 10.5 Å². The van der Waals surface area contributed by atoms with Gasteiger partial charge in [-0.2, -0.15) is 0 Å². The minimum absolute atomic E-state index is 0.498. The quantitative estimate of drug-likeness (QED) is 0.298. The largest absolute Gasteiger partial charge is 0.444 e. The van der Waals surface area contributed by atoms with Crippen LogP contribution in [-0.2, 0) is 4.74 Å². The fourth-order valence-electron chi connectivity index (χ4n) is 4.18. The summed E-state index contributed by atoms with van der Waals surface area (Å²) in [6.45, 7) is 7.60. The zero-order valence-corrected chi connectivity index (χ0v) is 20.3. The lowest BCUT2D eigenvalue weighted by Gasteiger charge is -2.20. The molecule has 0 aliphatic carbocycles. The zero-order chi connectivity index (χ0) is 24.6. The van der Waals surface area contributed by atoms with Crippen molar-refractivity contribution in [3.8, 4) is 22.5 Å². The lowest BCUT2D eigenvalue weighted by atomic mass is 10.0. The summed E-state index contributed by atoms with van der Waals surface area (Å²) < 4.78 is 5.45. The molecular weight excluding hydrogens is 434 g/mol. The van der Waals surface area contributed by atoms with Gasteiger partial charge < -0.3 is 4.74 Å². The van der Waals surface area contributed by atoms with E-state index >= 15 is 0 Å². The Labute approximate surface area is 204 Å². The molecule has 0 spiro atoms. The number of benzene rings is 3. The van der Waals surface area contributed by atoms with Crippen molar-refractivity contribution in [3.63, 3.8) is 0 Å². The van der Waals surface area contributed by atoms with E-state index in [-0.39, 0.29) is 0 Å². The Morgan fingerprint density at radius 1 is 0.714 bits per heavy atom. The molecule has 5 nitrogen and oxygen atoms in total. The van der Waals surface area contributed by atoms with Gasteiger partial charge in [-0.1, -0.05) is 66.7 Å². The van der Waals surface area contributed by atoms with E-state index in [4.69, 9.17) is 14.7 Å². The van der Waals surface area contributed by atoms with E-state index < -0.39 is 11.7 Å². The number of carbonyl (C=O) groups excluding carboxylic acids is 1. The van der Waals surface area contributed by atoms with Crippen LogP contribution in [0.5, 0.6) is 0 Å². The summed E-state index contributed by atoms with van der Waals surface area (Å²) in [6.07, 6.45) is -0.498. The van der Waals surface area contributed by atoms with E-state index in [0.717, 1.165) is 49.9 Å². The number of nitrogens with zero attached hydrogens (tertiary/aromatic N) is 2. The topological polar surface area (TPSA) is 64.1 Å². The molecule has 0 fully saturated rings. The maximum absolute atomic E-state index is 12.4. The van der Waals surface area contributed by atoms with Crippen LogP contribution in [0.1, 0.15) is 26.3 Å². The van der Waals surface area contributed by atoms with Gasteiger partial charge in [0.1, 0.15) is 5.60 Å². The zero-order valence-electron chi connectivity index (χ0n) is 20.3. The Bertz CT molecular complexity index is 1570. The molecule has 0 atom stereocenters. The number of rotatable bonds is 3. The Hall–Kier alpha value is -4.25. The second-order valence-corrected chi connectivity index (χ2v) is 9.59. The molecule has 0 saturated heterocycles. The molecular formula is C30H27N3O2. The second-order valence-electron chi connectivity index (χ2n) is 9.59. The number of para-hydroxylation sites is 3. The maximum Gasteiger partial charge on any atom is 0.412 e. The van der Waals surface area contributed by atoms with Gasteiger partial charge in [-0.15, -0.1) is 0 Å². The molecule has 2 aromatic heterocycles. The highest BCUT2D eigenvalue weighted by atomic mass is 16.6. The Morgan fingerprint density at radius 3 is 2.06 bits per heavy atom. The van der Waals surface area contributed by atoms with Gasteiger partial charge in [0, 0.05) is 21.9 Å². The van der Waals surface area contributed by atoms with Crippen LogP contribution in [-0.4, -0.2) is 21.7 Å². The number of hydrogen-bond donors (Lipinski definition) is 1. The Balaban J connectivity index is 1.60. The van der Waals surface area contributed by atoms with Crippen LogP contribution < -0.4 is 5.32 Å². The summed E-state index contributed by atoms with van der Waals surface area (Å²) >= 11 is 0. The van der Waals surface area contributed by atoms with Crippen LogP contribution in [0.15, 0.2) is 84.9 Å². The summed E-state index contributed by atoms with van der Waals surface area (Å²) in [5.74, 6) is 0. The van der Waals surface area contributed by atoms with Crippen LogP contribution >= 0.6 is 0 Å². The van der Waals surface area contributed by atoms with Crippen molar-refractivity contribution in [1.82, 2.24) is 9.97 Å². The summed E-state index contributed by atoms with van der Waals surface area (Å²) in [5, 5.41) is 5.01. The number of hydrogen-bond acceptors (Lipinski definition) is 4. The third kappa shape index (κ3) is 4.71. The Morgan fingerprint density at radius 2 is 1.31 bits per heavy atom. The SMILES string of the molecule is Cc1cccc2ccc(-c3cccc4ccc(-c5ccccc5NC(=O)OC(C)(C)C)nc34)nc12. The highest BCUT2D eigenvalue weighted by Crippen LogP contribution is 2.32. The smallest absolute Gasteiger partial charge is 0.412 e. The summed E-state index contributed by atoms with van der Waals surface area (Å²) in [7, 11) is 0. The minimum Gasteiger partial charge on any atom is -0.444 e. The van der Waals surface area contributed by atoms with Crippen molar-refractivity contribution in [3.05, 3.63) is 90.5 Å². The minimum atomic E-state index is -0.583. The predicted molar refractivity (Wildman–Crippen MR) is 143 cm³/mol. The van der Waals surface area contributed by atoms with Crippen molar-refractivity contribution < 1.29 is 9.53 Å². The highest BCUT2D eigenvalue weighted by Gasteiger charge is 2.18. The molecule has 2 heterocycles. The number of amides is 1. The molecule has 5 rings (SSSR count). The fraction of sp³-hybridized carbons (Fsp3) is 0.167. The maximum atomic E-state index is 12.4. The fourth-order valence-corrected chi connectivity index (χ4v) is 4.18. The number of pyridine rings is 2. The predicted octanol–water partition coefficient (Wildman–Crippen LogP) is 7.77. The van der Waals surface area contributed by atoms with E-state index in [2.05, 4.69) is 42.6 Å². The van der Waals surface area contributed by atoms with E-state index in [1.165, 1.54) is 0 Å². The highest BCUT2D eigenvalue weighted by molar-refractivity contribution is 5.97. The number of nitrogens with one attached hydrogen (secondary N) is 1. The molecule has 3 aromatic carbocycles. The van der Waals surface area contributed by atoms with E-state index in [0.29, 0.717) is 5.69 Å². The molecule has 0 radical (unpaired) electrons. The average Bonchev–Trinajstić information content (AvgIpc) is 2.83. The number of aromatic nitrogens is 2. The van der Waals surface area contributed by atoms with E-state index in [1.807, 2.05) is 75.4 Å². The van der Waals surface area contributed by atoms with Crippen molar-refractivity contribution in [1.29, 1.82) is 0 Å². The second kappa shape index (κ2) is 8.84. The lowest BCUT2D eigenvalue weighted by molar-refractivity contribution is 0.0636. The van der Waals surface area contributed by atoms with Gasteiger partial charge in [-0.05, 0) is 51.5 Å². The first-order valence-corrected chi connectivity index (χ1v) is 11.6. The van der Waals surface area contributed by atoms with Gasteiger partial charge in [0.25, 0.3) is 0 Å². The van der Waals surface area contributed by atoms with Crippen molar-refractivity contribution in [2.75, 3.05) is 5.32 Å². The van der Waals surface area contributed by atoms with E-state index in [1.54, 1.807) is 0 Å². The molecule has 1 amide bonds. The van der Waals surface area contributed by atoms with Gasteiger partial charge in [0.2, 0.25) is 0 Å². The lowest BCUT2D eigenvalue weighted by Crippen LogP contribution is -2.27. The molecule has 35 heavy (non-hydrogen) atoms. The molecule has 0 aliphatic heterocycles. The normalized spacial score (nSPS) is 11.5.